The first-order chi connectivity index (χ1) is 15.6. The quantitative estimate of drug-likeness (QED) is 0.202. The van der Waals surface area contributed by atoms with E-state index in [1.807, 2.05) is 49.5 Å². The molecule has 2 heterocycles. The first-order valence-corrected chi connectivity index (χ1v) is 11.4. The maximum Gasteiger partial charge on any atom is 0.227 e. The van der Waals surface area contributed by atoms with E-state index in [-0.39, 0.29) is 17.1 Å². The molecule has 6 N–H and O–H groups in total. The van der Waals surface area contributed by atoms with Gasteiger partial charge in [-0.2, -0.15) is 0 Å². The number of aromatic amines is 1. The number of nitrogens with zero attached hydrogens (tertiary/aromatic N) is 1. The SMILES string of the molecule is Cc1ccc(NC(=O)C2CC=CC(SN)C2)cc1N/C=C(\C=N)c1cnc2[nH]ccc2c1. The van der Waals surface area contributed by atoms with Gasteiger partial charge in [0, 0.05) is 63.9 Å². The number of carbonyl (C=O) groups is 1. The van der Waals surface area contributed by atoms with Gasteiger partial charge in [-0.05, 0) is 49.6 Å². The number of benzene rings is 1. The fraction of sp³-hybridized carbons (Fsp3) is 0.208. The maximum absolute atomic E-state index is 12.7. The summed E-state index contributed by atoms with van der Waals surface area (Å²) in [6.07, 6.45) is 12.2. The zero-order valence-corrected chi connectivity index (χ0v) is 18.6. The zero-order chi connectivity index (χ0) is 22.5. The van der Waals surface area contributed by atoms with Crippen LogP contribution >= 0.6 is 11.9 Å². The molecule has 1 aliphatic carbocycles. The van der Waals surface area contributed by atoms with Crippen LogP contribution in [-0.2, 0) is 4.79 Å². The molecule has 1 amide bonds. The number of pyridine rings is 1. The second-order valence-electron chi connectivity index (χ2n) is 7.82. The van der Waals surface area contributed by atoms with Crippen LogP contribution in [0.25, 0.3) is 16.6 Å². The van der Waals surface area contributed by atoms with Crippen molar-refractivity contribution in [2.75, 3.05) is 10.6 Å². The molecule has 2 unspecified atom stereocenters. The van der Waals surface area contributed by atoms with Crippen molar-refractivity contribution in [1.29, 1.82) is 5.41 Å². The number of aromatic nitrogens is 2. The lowest BCUT2D eigenvalue weighted by molar-refractivity contribution is -0.120. The highest BCUT2D eigenvalue weighted by molar-refractivity contribution is 7.97. The molecule has 0 aliphatic heterocycles. The Bertz CT molecular complexity index is 1200. The van der Waals surface area contributed by atoms with Crippen molar-refractivity contribution in [2.24, 2.45) is 11.1 Å². The number of hydrogen-bond acceptors (Lipinski definition) is 6. The molecular formula is C24H26N6OS. The van der Waals surface area contributed by atoms with E-state index in [1.54, 1.807) is 12.4 Å². The summed E-state index contributed by atoms with van der Waals surface area (Å²) in [5.74, 6) is -0.0798. The first kappa shape index (κ1) is 21.9. The molecule has 0 bridgehead atoms. The molecule has 3 aromatic rings. The molecule has 0 spiro atoms. The standard InChI is InChI=1S/C24H26N6OS/c1-15-5-6-20(30-24(31)17-3-2-4-21(10-17)32-26)11-22(15)28-14-19(12-25)18-9-16-7-8-27-23(16)29-13-18/h2,4-9,11-14,17,21,25,28H,3,10,26H2,1H3,(H,27,29)(H,30,31)/b19-14+,25-12?. The Morgan fingerprint density at radius 3 is 3.03 bits per heavy atom. The molecule has 32 heavy (non-hydrogen) atoms. The molecule has 2 atom stereocenters. The van der Waals surface area contributed by atoms with Gasteiger partial charge in [0.2, 0.25) is 5.91 Å². The van der Waals surface area contributed by atoms with Gasteiger partial charge in [0.15, 0.2) is 0 Å². The lowest BCUT2D eigenvalue weighted by atomic mass is 9.93. The number of nitrogens with two attached hydrogens (primary N) is 1. The molecule has 7 nitrogen and oxygen atoms in total. The third-order valence-electron chi connectivity index (χ3n) is 5.61. The van der Waals surface area contributed by atoms with Crippen LogP contribution in [0, 0.1) is 18.3 Å². The summed E-state index contributed by atoms with van der Waals surface area (Å²) in [6, 6.07) is 9.71. The molecule has 164 valence electrons. The van der Waals surface area contributed by atoms with Gasteiger partial charge in [0.25, 0.3) is 0 Å². The van der Waals surface area contributed by atoms with E-state index in [0.717, 1.165) is 46.4 Å². The van der Waals surface area contributed by atoms with E-state index >= 15 is 0 Å². The highest BCUT2D eigenvalue weighted by Crippen LogP contribution is 2.27. The predicted octanol–water partition coefficient (Wildman–Crippen LogP) is 4.85. The number of anilines is 2. The van der Waals surface area contributed by atoms with Gasteiger partial charge < -0.3 is 21.0 Å². The molecule has 8 heteroatoms. The highest BCUT2D eigenvalue weighted by Gasteiger charge is 2.24. The number of amides is 1. The van der Waals surface area contributed by atoms with Crippen molar-refractivity contribution in [1.82, 2.24) is 9.97 Å². The summed E-state index contributed by atoms with van der Waals surface area (Å²) < 4.78 is 0. The van der Waals surface area contributed by atoms with Crippen LogP contribution < -0.4 is 15.8 Å². The predicted molar refractivity (Wildman–Crippen MR) is 134 cm³/mol. The number of aryl methyl sites for hydroxylation is 1. The number of H-pyrrole nitrogens is 1. The third kappa shape index (κ3) is 4.92. The average molecular weight is 447 g/mol. The Balaban J connectivity index is 1.49. The molecule has 2 aromatic heterocycles. The summed E-state index contributed by atoms with van der Waals surface area (Å²) in [7, 11) is 0. The Kier molecular flexibility index (Phi) is 6.72. The van der Waals surface area contributed by atoms with Gasteiger partial charge in [-0.15, -0.1) is 0 Å². The van der Waals surface area contributed by atoms with E-state index in [9.17, 15) is 4.79 Å². The molecule has 0 saturated heterocycles. The second kappa shape index (κ2) is 9.84. The zero-order valence-electron chi connectivity index (χ0n) is 17.8. The smallest absolute Gasteiger partial charge is 0.227 e. The van der Waals surface area contributed by atoms with E-state index < -0.39 is 0 Å². The molecule has 0 saturated carbocycles. The minimum Gasteiger partial charge on any atom is -0.361 e. The van der Waals surface area contributed by atoms with Crippen LogP contribution in [0.15, 0.2) is 61.1 Å². The van der Waals surface area contributed by atoms with Gasteiger partial charge in [-0.3, -0.25) is 9.93 Å². The summed E-state index contributed by atoms with van der Waals surface area (Å²) in [6.45, 7) is 1.99. The lowest BCUT2D eigenvalue weighted by Gasteiger charge is -2.22. The largest absolute Gasteiger partial charge is 0.361 e. The first-order valence-electron chi connectivity index (χ1n) is 10.4. The van der Waals surface area contributed by atoms with Crippen LogP contribution in [0.4, 0.5) is 11.4 Å². The molecule has 1 aromatic carbocycles. The average Bonchev–Trinajstić information content (AvgIpc) is 3.29. The molecular weight excluding hydrogens is 420 g/mol. The lowest BCUT2D eigenvalue weighted by Crippen LogP contribution is -2.27. The van der Waals surface area contributed by atoms with Crippen LogP contribution in [0.1, 0.15) is 24.0 Å². The summed E-state index contributed by atoms with van der Waals surface area (Å²) in [4.78, 5) is 20.2. The molecule has 0 radical (unpaired) electrons. The second-order valence-corrected chi connectivity index (χ2v) is 8.70. The van der Waals surface area contributed by atoms with Gasteiger partial charge in [-0.1, -0.05) is 30.2 Å². The van der Waals surface area contributed by atoms with Crippen LogP contribution in [0.3, 0.4) is 0 Å². The van der Waals surface area contributed by atoms with Crippen molar-refractivity contribution in [3.05, 3.63) is 72.2 Å². The highest BCUT2D eigenvalue weighted by atomic mass is 32.2. The third-order valence-corrected chi connectivity index (χ3v) is 6.31. The number of fused-ring (bicyclic) bond motifs is 1. The van der Waals surface area contributed by atoms with Crippen LogP contribution in [0.2, 0.25) is 0 Å². The fourth-order valence-corrected chi connectivity index (χ4v) is 4.27. The van der Waals surface area contributed by atoms with Crippen LogP contribution in [0.5, 0.6) is 0 Å². The normalized spacial score (nSPS) is 18.5. The van der Waals surface area contributed by atoms with E-state index in [4.69, 9.17) is 10.5 Å². The Hall–Kier alpha value is -3.36. The topological polar surface area (TPSA) is 120 Å². The Labute approximate surface area is 191 Å². The van der Waals surface area contributed by atoms with Crippen molar-refractivity contribution < 1.29 is 4.79 Å². The maximum atomic E-state index is 12.7. The van der Waals surface area contributed by atoms with Crippen molar-refractivity contribution >= 4 is 52.1 Å². The van der Waals surface area contributed by atoms with Crippen molar-refractivity contribution in [3.8, 4) is 0 Å². The number of rotatable bonds is 7. The number of allylic oxidation sites excluding steroid dienone is 2. The van der Waals surface area contributed by atoms with Gasteiger partial charge in [0.1, 0.15) is 5.65 Å². The van der Waals surface area contributed by atoms with Crippen molar-refractivity contribution in [2.45, 2.75) is 25.0 Å². The van der Waals surface area contributed by atoms with Crippen LogP contribution in [-0.4, -0.2) is 27.3 Å². The van der Waals surface area contributed by atoms with E-state index in [0.29, 0.717) is 5.57 Å². The van der Waals surface area contributed by atoms with Gasteiger partial charge in [0.05, 0.1) is 0 Å². The van der Waals surface area contributed by atoms with Gasteiger partial charge in [-0.25, -0.2) is 4.98 Å². The molecule has 1 aliphatic rings. The monoisotopic (exact) mass is 446 g/mol. The fourth-order valence-electron chi connectivity index (χ4n) is 3.73. The van der Waals surface area contributed by atoms with Crippen molar-refractivity contribution in [3.63, 3.8) is 0 Å². The minimum absolute atomic E-state index is 0.00445. The summed E-state index contributed by atoms with van der Waals surface area (Å²) in [5.41, 5.74) is 4.98. The Morgan fingerprint density at radius 2 is 2.22 bits per heavy atom. The number of carbonyl (C=O) groups excluding carboxylic acids is 1. The Morgan fingerprint density at radius 1 is 1.34 bits per heavy atom. The number of hydrogen-bond donors (Lipinski definition) is 5. The van der Waals surface area contributed by atoms with Gasteiger partial charge >= 0.3 is 0 Å². The van der Waals surface area contributed by atoms with E-state index in [2.05, 4.69) is 26.7 Å². The molecule has 4 rings (SSSR count). The number of nitrogens with one attached hydrogen (secondary N) is 4. The summed E-state index contributed by atoms with van der Waals surface area (Å²) >= 11 is 1.28. The molecule has 0 fully saturated rings. The summed E-state index contributed by atoms with van der Waals surface area (Å²) in [5, 5.41) is 21.0. The van der Waals surface area contributed by atoms with E-state index in [1.165, 1.54) is 18.2 Å². The minimum atomic E-state index is -0.0842.